The molecule has 2 nitrogen and oxygen atoms in total. The van der Waals surface area contributed by atoms with Crippen LogP contribution in [0.2, 0.25) is 0 Å². The van der Waals surface area contributed by atoms with Gasteiger partial charge in [0.05, 0.1) is 0 Å². The molecule has 0 atom stereocenters. The molecule has 0 saturated heterocycles. The summed E-state index contributed by atoms with van der Waals surface area (Å²) in [4.78, 5) is 5.17. The van der Waals surface area contributed by atoms with E-state index in [1.165, 1.54) is 16.8 Å². The number of hydrogen-bond acceptors (Lipinski definition) is 1. The number of nitrogens with zero attached hydrogens (tertiary/aromatic N) is 2. The minimum absolute atomic E-state index is 0.129. The maximum atomic E-state index is 5.17. The second-order valence-corrected chi connectivity index (χ2v) is 5.79. The minimum Gasteiger partial charge on any atom is -0.207 e. The van der Waals surface area contributed by atoms with Crippen LogP contribution in [0.4, 0.5) is 0 Å². The first-order valence-corrected chi connectivity index (χ1v) is 8.03. The van der Waals surface area contributed by atoms with Gasteiger partial charge in [0, 0.05) is 24.0 Å². The maximum absolute atomic E-state index is 5.17. The summed E-state index contributed by atoms with van der Waals surface area (Å²) in [6.07, 6.45) is 2.01. The van der Waals surface area contributed by atoms with Gasteiger partial charge in [-0.2, -0.15) is 0 Å². The molecule has 0 radical (unpaired) electrons. The Labute approximate surface area is 132 Å². The Morgan fingerprint density at radius 2 is 1.32 bits per heavy atom. The summed E-state index contributed by atoms with van der Waals surface area (Å²) in [5.41, 5.74) is 4.64. The molecule has 2 heteroatoms. The molecule has 0 spiro atoms. The van der Waals surface area contributed by atoms with Gasteiger partial charge < -0.3 is 0 Å². The number of benzene rings is 2. The molecule has 1 aliphatic rings. The molecule has 0 N–H and O–H groups in total. The van der Waals surface area contributed by atoms with Crippen LogP contribution >= 0.6 is 0 Å². The van der Waals surface area contributed by atoms with E-state index in [2.05, 4.69) is 86.1 Å². The van der Waals surface area contributed by atoms with Crippen molar-refractivity contribution in [2.45, 2.75) is 32.4 Å². The third-order valence-corrected chi connectivity index (χ3v) is 4.73. The van der Waals surface area contributed by atoms with Crippen molar-refractivity contribution in [3.05, 3.63) is 71.8 Å². The van der Waals surface area contributed by atoms with Crippen molar-refractivity contribution in [3.8, 4) is 0 Å². The monoisotopic (exact) mass is 291 g/mol. The van der Waals surface area contributed by atoms with E-state index < -0.39 is 0 Å². The zero-order chi connectivity index (χ0) is 15.6. The van der Waals surface area contributed by atoms with E-state index in [4.69, 9.17) is 4.99 Å². The van der Waals surface area contributed by atoms with Crippen LogP contribution in [-0.4, -0.2) is 28.7 Å². The van der Waals surface area contributed by atoms with E-state index in [9.17, 15) is 0 Å². The second kappa shape index (κ2) is 5.88. The van der Waals surface area contributed by atoms with Crippen molar-refractivity contribution < 1.29 is 4.58 Å². The van der Waals surface area contributed by atoms with E-state index in [0.717, 1.165) is 18.6 Å². The molecule has 0 saturated carbocycles. The first-order chi connectivity index (χ1) is 10.7. The molecule has 0 amide bonds. The molecule has 1 aliphatic heterocycles. The summed E-state index contributed by atoms with van der Waals surface area (Å²) in [5.74, 6) is 0. The Kier molecular flexibility index (Phi) is 3.93. The highest BCUT2D eigenvalue weighted by Crippen LogP contribution is 2.29. The topological polar surface area (TPSA) is 15.4 Å². The molecule has 0 bridgehead atoms. The van der Waals surface area contributed by atoms with Gasteiger partial charge in [-0.25, -0.2) is 9.57 Å². The number of rotatable bonds is 4. The van der Waals surface area contributed by atoms with Crippen LogP contribution in [0.25, 0.3) is 0 Å². The molecular formula is C20H23N2+. The molecule has 2 aromatic carbocycles. The Bertz CT molecular complexity index is 708. The maximum Gasteiger partial charge on any atom is 0.255 e. The summed E-state index contributed by atoms with van der Waals surface area (Å²) in [6.45, 7) is 4.44. The average molecular weight is 291 g/mol. The van der Waals surface area contributed by atoms with Crippen molar-refractivity contribution in [1.29, 1.82) is 0 Å². The fourth-order valence-corrected chi connectivity index (χ4v) is 3.31. The lowest BCUT2D eigenvalue weighted by Crippen LogP contribution is -2.36. The van der Waals surface area contributed by atoms with Crippen LogP contribution in [0.15, 0.2) is 65.7 Å². The Morgan fingerprint density at radius 1 is 0.818 bits per heavy atom. The Balaban J connectivity index is 2.22. The summed E-state index contributed by atoms with van der Waals surface area (Å²) in [7, 11) is 2.18. The molecule has 0 unspecified atom stereocenters. The van der Waals surface area contributed by atoms with Crippen molar-refractivity contribution in [3.63, 3.8) is 0 Å². The normalized spacial score (nSPS) is 16.8. The molecule has 0 aromatic heterocycles. The van der Waals surface area contributed by atoms with Gasteiger partial charge in [0.15, 0.2) is 0 Å². The van der Waals surface area contributed by atoms with Crippen molar-refractivity contribution in [2.75, 3.05) is 7.05 Å². The first kappa shape index (κ1) is 14.7. The van der Waals surface area contributed by atoms with Crippen LogP contribution < -0.4 is 0 Å². The molecule has 3 rings (SSSR count). The Hall–Kier alpha value is -2.22. The lowest BCUT2D eigenvalue weighted by atomic mass is 10.00. The third-order valence-electron chi connectivity index (χ3n) is 4.73. The van der Waals surface area contributed by atoms with Crippen LogP contribution in [0.3, 0.4) is 0 Å². The fraction of sp³-hybridized carbons (Fsp3) is 0.300. The van der Waals surface area contributed by atoms with Crippen molar-refractivity contribution in [2.24, 2.45) is 4.99 Å². The van der Waals surface area contributed by atoms with Gasteiger partial charge in [-0.05, 0) is 12.1 Å². The molecular weight excluding hydrogens is 268 g/mol. The lowest BCUT2D eigenvalue weighted by molar-refractivity contribution is -0.577. The van der Waals surface area contributed by atoms with Gasteiger partial charge in [-0.1, -0.05) is 62.4 Å². The minimum atomic E-state index is -0.129. The standard InChI is InChI=1S/C20H23N2/c1-4-20(5-2)21-18(16-12-8-6-9-13-16)19(22(20)3)17-14-10-7-11-15-17/h6-15H,4-5H2,1-3H3/q+1. The Morgan fingerprint density at radius 3 is 1.82 bits per heavy atom. The predicted molar refractivity (Wildman–Crippen MR) is 93.0 cm³/mol. The van der Waals surface area contributed by atoms with Crippen molar-refractivity contribution in [1.82, 2.24) is 0 Å². The van der Waals surface area contributed by atoms with Gasteiger partial charge >= 0.3 is 0 Å². The molecule has 1 heterocycles. The second-order valence-electron chi connectivity index (χ2n) is 5.79. The highest BCUT2D eigenvalue weighted by molar-refractivity contribution is 6.52. The van der Waals surface area contributed by atoms with E-state index in [-0.39, 0.29) is 5.66 Å². The molecule has 22 heavy (non-hydrogen) atoms. The summed E-state index contributed by atoms with van der Waals surface area (Å²) < 4.78 is 2.37. The third kappa shape index (κ3) is 2.29. The van der Waals surface area contributed by atoms with Crippen LogP contribution in [0.1, 0.15) is 37.8 Å². The SMILES string of the molecule is CCC1(CC)N=C(c2ccccc2)C(c2ccccc2)=[N+]1C. The quantitative estimate of drug-likeness (QED) is 0.752. The zero-order valence-electron chi connectivity index (χ0n) is 13.6. The van der Waals surface area contributed by atoms with Crippen LogP contribution in [-0.2, 0) is 0 Å². The number of aliphatic imine (C=N–C) groups is 1. The van der Waals surface area contributed by atoms with Crippen molar-refractivity contribution >= 4 is 11.4 Å². The predicted octanol–water partition coefficient (Wildman–Crippen LogP) is 4.14. The first-order valence-electron chi connectivity index (χ1n) is 8.03. The van der Waals surface area contributed by atoms with Gasteiger partial charge in [0.25, 0.3) is 5.66 Å². The molecule has 112 valence electrons. The van der Waals surface area contributed by atoms with E-state index >= 15 is 0 Å². The molecule has 0 aliphatic carbocycles. The highest BCUT2D eigenvalue weighted by Gasteiger charge is 2.45. The lowest BCUT2D eigenvalue weighted by Gasteiger charge is -2.19. The van der Waals surface area contributed by atoms with E-state index in [1.54, 1.807) is 0 Å². The van der Waals surface area contributed by atoms with Gasteiger partial charge in [0.2, 0.25) is 5.71 Å². The molecule has 2 aromatic rings. The molecule has 0 fully saturated rings. The summed E-state index contributed by atoms with van der Waals surface area (Å²) in [5, 5.41) is 0. The smallest absolute Gasteiger partial charge is 0.207 e. The summed E-state index contributed by atoms with van der Waals surface area (Å²) in [6, 6.07) is 21.1. The summed E-state index contributed by atoms with van der Waals surface area (Å²) >= 11 is 0. The number of hydrogen-bond donors (Lipinski definition) is 0. The zero-order valence-corrected chi connectivity index (χ0v) is 13.6. The fourth-order valence-electron chi connectivity index (χ4n) is 3.31. The van der Waals surface area contributed by atoms with Crippen LogP contribution in [0.5, 0.6) is 0 Å². The van der Waals surface area contributed by atoms with Gasteiger partial charge in [-0.3, -0.25) is 0 Å². The van der Waals surface area contributed by atoms with E-state index in [1.807, 2.05) is 0 Å². The largest absolute Gasteiger partial charge is 0.255 e. The van der Waals surface area contributed by atoms with Gasteiger partial charge in [0.1, 0.15) is 12.8 Å². The highest BCUT2D eigenvalue weighted by atomic mass is 15.2. The average Bonchev–Trinajstić information content (AvgIpc) is 2.90. The van der Waals surface area contributed by atoms with Gasteiger partial charge in [-0.15, -0.1) is 0 Å². The van der Waals surface area contributed by atoms with E-state index in [0.29, 0.717) is 0 Å². The van der Waals surface area contributed by atoms with Crippen LogP contribution in [0, 0.1) is 0 Å².